The molecule has 1 amide bonds. The molecule has 19 heavy (non-hydrogen) atoms. The Morgan fingerprint density at radius 3 is 2.47 bits per heavy atom. The Hall–Kier alpha value is -2.10. The van der Waals surface area contributed by atoms with E-state index in [1.807, 2.05) is 31.2 Å². The Morgan fingerprint density at radius 2 is 1.95 bits per heavy atom. The van der Waals surface area contributed by atoms with Gasteiger partial charge in [-0.25, -0.2) is 0 Å². The second kappa shape index (κ2) is 5.69. The van der Waals surface area contributed by atoms with E-state index in [1.54, 1.807) is 6.08 Å². The van der Waals surface area contributed by atoms with Crippen LogP contribution in [-0.4, -0.2) is 34.5 Å². The summed E-state index contributed by atoms with van der Waals surface area (Å²) in [4.78, 5) is 24.1. The van der Waals surface area contributed by atoms with Gasteiger partial charge in [0.15, 0.2) is 0 Å². The summed E-state index contributed by atoms with van der Waals surface area (Å²) >= 11 is 0. The molecule has 1 fully saturated rings. The highest BCUT2D eigenvalue weighted by Crippen LogP contribution is 2.26. The van der Waals surface area contributed by atoms with Crippen molar-refractivity contribution in [1.29, 1.82) is 0 Å². The molecule has 0 aliphatic heterocycles. The Morgan fingerprint density at radius 1 is 1.32 bits per heavy atom. The molecule has 4 nitrogen and oxygen atoms in total. The van der Waals surface area contributed by atoms with Gasteiger partial charge in [0.1, 0.15) is 6.54 Å². The van der Waals surface area contributed by atoms with Crippen LogP contribution in [-0.2, 0) is 9.59 Å². The Bertz CT molecular complexity index is 501. The molecule has 1 aliphatic carbocycles. The van der Waals surface area contributed by atoms with E-state index in [0.29, 0.717) is 0 Å². The van der Waals surface area contributed by atoms with Crippen LogP contribution in [0.25, 0.3) is 6.08 Å². The molecule has 1 aromatic rings. The number of aryl methyl sites for hydroxylation is 1. The van der Waals surface area contributed by atoms with Crippen molar-refractivity contribution in [2.24, 2.45) is 0 Å². The van der Waals surface area contributed by atoms with E-state index in [1.165, 1.54) is 11.0 Å². The predicted octanol–water partition coefficient (Wildman–Crippen LogP) is 2.08. The molecule has 0 bridgehead atoms. The van der Waals surface area contributed by atoms with Crippen molar-refractivity contribution in [3.8, 4) is 0 Å². The van der Waals surface area contributed by atoms with Crippen molar-refractivity contribution in [2.45, 2.75) is 25.8 Å². The number of benzene rings is 1. The van der Waals surface area contributed by atoms with Crippen LogP contribution in [0.15, 0.2) is 30.3 Å². The van der Waals surface area contributed by atoms with E-state index in [-0.39, 0.29) is 18.5 Å². The number of amides is 1. The molecule has 100 valence electrons. The van der Waals surface area contributed by atoms with Gasteiger partial charge in [-0.2, -0.15) is 0 Å². The number of rotatable bonds is 5. The molecule has 0 heterocycles. The molecule has 0 radical (unpaired) electrons. The first-order valence-corrected chi connectivity index (χ1v) is 6.33. The number of hydrogen-bond acceptors (Lipinski definition) is 2. The van der Waals surface area contributed by atoms with Gasteiger partial charge < -0.3 is 10.0 Å². The molecule has 0 atom stereocenters. The van der Waals surface area contributed by atoms with E-state index in [2.05, 4.69) is 0 Å². The van der Waals surface area contributed by atoms with Crippen molar-refractivity contribution in [1.82, 2.24) is 4.90 Å². The molecular weight excluding hydrogens is 242 g/mol. The molecule has 1 saturated carbocycles. The van der Waals surface area contributed by atoms with Crippen molar-refractivity contribution >= 4 is 18.0 Å². The van der Waals surface area contributed by atoms with Crippen LogP contribution in [0.2, 0.25) is 0 Å². The fourth-order valence-corrected chi connectivity index (χ4v) is 1.86. The number of aliphatic carboxylic acids is 1. The van der Waals surface area contributed by atoms with Gasteiger partial charge in [0.05, 0.1) is 0 Å². The summed E-state index contributed by atoms with van der Waals surface area (Å²) in [6.07, 6.45) is 4.97. The molecule has 2 rings (SSSR count). The summed E-state index contributed by atoms with van der Waals surface area (Å²) in [5.74, 6) is -1.20. The minimum atomic E-state index is -0.969. The Balaban J connectivity index is 2.01. The van der Waals surface area contributed by atoms with Gasteiger partial charge in [-0.3, -0.25) is 9.59 Å². The lowest BCUT2D eigenvalue weighted by Crippen LogP contribution is -2.36. The molecule has 0 saturated heterocycles. The quantitative estimate of drug-likeness (QED) is 0.824. The largest absolute Gasteiger partial charge is 0.480 e. The molecule has 1 aliphatic rings. The second-order valence-electron chi connectivity index (χ2n) is 4.84. The van der Waals surface area contributed by atoms with Crippen LogP contribution in [0.4, 0.5) is 0 Å². The third-order valence-electron chi connectivity index (χ3n) is 3.07. The third kappa shape index (κ3) is 3.95. The Kier molecular flexibility index (Phi) is 4.00. The number of carboxylic acid groups (broad SMARTS) is 1. The Labute approximate surface area is 112 Å². The van der Waals surface area contributed by atoms with Crippen molar-refractivity contribution < 1.29 is 14.7 Å². The highest BCUT2D eigenvalue weighted by molar-refractivity contribution is 5.94. The van der Waals surface area contributed by atoms with Crippen molar-refractivity contribution in [3.63, 3.8) is 0 Å². The fourth-order valence-electron chi connectivity index (χ4n) is 1.86. The van der Waals surface area contributed by atoms with E-state index in [0.717, 1.165) is 24.0 Å². The summed E-state index contributed by atoms with van der Waals surface area (Å²) in [5, 5.41) is 8.81. The molecule has 0 unspecified atom stereocenters. The van der Waals surface area contributed by atoms with Gasteiger partial charge in [0.2, 0.25) is 5.91 Å². The van der Waals surface area contributed by atoms with E-state index in [4.69, 9.17) is 5.11 Å². The summed E-state index contributed by atoms with van der Waals surface area (Å²) in [7, 11) is 0. The van der Waals surface area contributed by atoms with E-state index < -0.39 is 5.97 Å². The topological polar surface area (TPSA) is 57.6 Å². The number of nitrogens with zero attached hydrogens (tertiary/aromatic N) is 1. The van der Waals surface area contributed by atoms with Crippen molar-refractivity contribution in [3.05, 3.63) is 41.5 Å². The summed E-state index contributed by atoms with van der Waals surface area (Å²) in [6, 6.07) is 7.90. The van der Waals surface area contributed by atoms with Crippen LogP contribution in [0.3, 0.4) is 0 Å². The van der Waals surface area contributed by atoms with Gasteiger partial charge in [-0.05, 0) is 31.4 Å². The average molecular weight is 259 g/mol. The summed E-state index contributed by atoms with van der Waals surface area (Å²) < 4.78 is 0. The maximum Gasteiger partial charge on any atom is 0.323 e. The van der Waals surface area contributed by atoms with Crippen LogP contribution in [0, 0.1) is 6.92 Å². The molecule has 1 N–H and O–H groups in total. The highest BCUT2D eigenvalue weighted by Gasteiger charge is 2.32. The van der Waals surface area contributed by atoms with Crippen LogP contribution < -0.4 is 0 Å². The van der Waals surface area contributed by atoms with E-state index in [9.17, 15) is 9.59 Å². The lowest BCUT2D eigenvalue weighted by atomic mass is 10.1. The van der Waals surface area contributed by atoms with Gasteiger partial charge in [0.25, 0.3) is 0 Å². The van der Waals surface area contributed by atoms with Crippen LogP contribution >= 0.6 is 0 Å². The lowest BCUT2D eigenvalue weighted by molar-refractivity contribution is -0.143. The number of carbonyl (C=O) groups is 2. The van der Waals surface area contributed by atoms with E-state index >= 15 is 0 Å². The molecule has 0 spiro atoms. The van der Waals surface area contributed by atoms with Crippen LogP contribution in [0.1, 0.15) is 24.0 Å². The number of carboxylic acids is 1. The summed E-state index contributed by atoms with van der Waals surface area (Å²) in [6.45, 7) is 1.78. The molecular formula is C15H17NO3. The molecule has 4 heteroatoms. The lowest BCUT2D eigenvalue weighted by Gasteiger charge is -2.17. The number of carbonyl (C=O) groups excluding carboxylic acids is 1. The van der Waals surface area contributed by atoms with Gasteiger partial charge >= 0.3 is 5.97 Å². The zero-order chi connectivity index (χ0) is 13.8. The monoisotopic (exact) mass is 259 g/mol. The SMILES string of the molecule is Cc1ccc(C=CC(=O)N(CC(=O)O)C2CC2)cc1. The van der Waals surface area contributed by atoms with Crippen molar-refractivity contribution in [2.75, 3.05) is 6.54 Å². The van der Waals surface area contributed by atoms with Crippen LogP contribution in [0.5, 0.6) is 0 Å². The zero-order valence-electron chi connectivity index (χ0n) is 10.9. The molecule has 1 aromatic carbocycles. The smallest absolute Gasteiger partial charge is 0.323 e. The summed E-state index contributed by atoms with van der Waals surface area (Å²) in [5.41, 5.74) is 2.10. The maximum atomic E-state index is 12.0. The minimum Gasteiger partial charge on any atom is -0.480 e. The maximum absolute atomic E-state index is 12.0. The van der Waals surface area contributed by atoms with Gasteiger partial charge in [0, 0.05) is 12.1 Å². The first-order valence-electron chi connectivity index (χ1n) is 6.33. The average Bonchev–Trinajstić information content (AvgIpc) is 3.19. The normalized spacial score (nSPS) is 14.6. The van der Waals surface area contributed by atoms with Gasteiger partial charge in [-0.1, -0.05) is 29.8 Å². The number of hydrogen-bond donors (Lipinski definition) is 1. The molecule has 0 aromatic heterocycles. The first-order chi connectivity index (χ1) is 9.06. The highest BCUT2D eigenvalue weighted by atomic mass is 16.4. The van der Waals surface area contributed by atoms with Gasteiger partial charge in [-0.15, -0.1) is 0 Å². The fraction of sp³-hybridized carbons (Fsp3) is 0.333. The standard InChI is InChI=1S/C15H17NO3/c1-11-2-4-12(5-3-11)6-9-14(17)16(10-15(18)19)13-7-8-13/h2-6,9,13H,7-8,10H2,1H3,(H,18,19). The predicted molar refractivity (Wildman–Crippen MR) is 72.6 cm³/mol. The minimum absolute atomic E-state index is 0.103. The first kappa shape index (κ1) is 13.3. The third-order valence-corrected chi connectivity index (χ3v) is 3.07. The second-order valence-corrected chi connectivity index (χ2v) is 4.84. The zero-order valence-corrected chi connectivity index (χ0v) is 10.9.